The molecule has 0 unspecified atom stereocenters. The molecule has 0 amide bonds. The molecule has 1 aromatic carbocycles. The third-order valence-corrected chi connectivity index (χ3v) is 2.10. The van der Waals surface area contributed by atoms with E-state index in [1.165, 1.54) is 6.07 Å². The lowest BCUT2D eigenvalue weighted by Crippen LogP contribution is -2.21. The van der Waals surface area contributed by atoms with Gasteiger partial charge in [-0.3, -0.25) is 10.1 Å². The monoisotopic (exact) mass is 258 g/mol. The summed E-state index contributed by atoms with van der Waals surface area (Å²) in [6.45, 7) is 0.0135. The average Bonchev–Trinajstić information content (AvgIpc) is 2.28. The maximum Gasteiger partial charge on any atom is 0.312 e. The largest absolute Gasteiger partial charge is 0.502 e. The fourth-order valence-electron chi connectivity index (χ4n) is 1.25. The molecule has 0 heterocycles. The van der Waals surface area contributed by atoms with Crippen LogP contribution in [0.5, 0.6) is 5.75 Å². The van der Waals surface area contributed by atoms with Crippen LogP contribution in [0.25, 0.3) is 0 Å². The Morgan fingerprint density at radius 1 is 1.59 bits per heavy atom. The predicted octanol–water partition coefficient (Wildman–Crippen LogP) is 0.552. The van der Waals surface area contributed by atoms with Crippen LogP contribution in [0.15, 0.2) is 12.1 Å². The van der Waals surface area contributed by atoms with E-state index in [1.54, 1.807) is 6.07 Å². The van der Waals surface area contributed by atoms with Crippen LogP contribution >= 0.6 is 12.4 Å². The topological polar surface area (TPSA) is 139 Å². The van der Waals surface area contributed by atoms with Gasteiger partial charge in [0, 0.05) is 24.2 Å². The SMILES string of the molecule is Cl.N#Cc1cc([C@@H](N)CN)c(O)c([N+](=O)[O-])c1. The molecule has 92 valence electrons. The molecule has 0 radical (unpaired) electrons. The zero-order chi connectivity index (χ0) is 12.3. The van der Waals surface area contributed by atoms with Crippen molar-refractivity contribution in [3.63, 3.8) is 0 Å². The Morgan fingerprint density at radius 2 is 2.18 bits per heavy atom. The second kappa shape index (κ2) is 6.00. The number of nitrogens with two attached hydrogens (primary N) is 2. The molecule has 0 saturated heterocycles. The highest BCUT2D eigenvalue weighted by Gasteiger charge is 2.21. The zero-order valence-electron chi connectivity index (χ0n) is 8.66. The van der Waals surface area contributed by atoms with Crippen LogP contribution in [0.1, 0.15) is 17.2 Å². The van der Waals surface area contributed by atoms with Gasteiger partial charge in [0.1, 0.15) is 0 Å². The first-order valence-corrected chi connectivity index (χ1v) is 4.38. The molecule has 0 aliphatic rings. The van der Waals surface area contributed by atoms with Gasteiger partial charge in [-0.1, -0.05) is 0 Å². The maximum absolute atomic E-state index is 10.6. The summed E-state index contributed by atoms with van der Waals surface area (Å²) >= 11 is 0. The van der Waals surface area contributed by atoms with E-state index in [4.69, 9.17) is 16.7 Å². The van der Waals surface area contributed by atoms with Gasteiger partial charge in [0.25, 0.3) is 0 Å². The molecule has 0 bridgehead atoms. The summed E-state index contributed by atoms with van der Waals surface area (Å²) in [5, 5.41) is 28.9. The Balaban J connectivity index is 0.00000256. The number of phenols is 1. The van der Waals surface area contributed by atoms with E-state index in [-0.39, 0.29) is 30.1 Å². The lowest BCUT2D eigenvalue weighted by Gasteiger charge is -2.11. The number of rotatable bonds is 3. The molecule has 1 aromatic rings. The third-order valence-electron chi connectivity index (χ3n) is 2.10. The number of halogens is 1. The quantitative estimate of drug-likeness (QED) is 0.534. The third kappa shape index (κ3) is 3.04. The van der Waals surface area contributed by atoms with Gasteiger partial charge in [-0.25, -0.2) is 0 Å². The van der Waals surface area contributed by atoms with E-state index in [1.807, 2.05) is 0 Å². The first-order chi connectivity index (χ1) is 7.51. The van der Waals surface area contributed by atoms with Crippen molar-refractivity contribution in [1.82, 2.24) is 0 Å². The van der Waals surface area contributed by atoms with Gasteiger partial charge in [-0.15, -0.1) is 12.4 Å². The Morgan fingerprint density at radius 3 is 2.59 bits per heavy atom. The lowest BCUT2D eigenvalue weighted by atomic mass is 10.0. The summed E-state index contributed by atoms with van der Waals surface area (Å²) in [6.07, 6.45) is 0. The molecular weight excluding hydrogens is 248 g/mol. The van der Waals surface area contributed by atoms with Crippen molar-refractivity contribution in [2.45, 2.75) is 6.04 Å². The van der Waals surface area contributed by atoms with Crippen LogP contribution in [0, 0.1) is 21.4 Å². The van der Waals surface area contributed by atoms with Gasteiger partial charge in [0.05, 0.1) is 16.6 Å². The molecular formula is C9H11ClN4O3. The van der Waals surface area contributed by atoms with Crippen molar-refractivity contribution in [1.29, 1.82) is 5.26 Å². The van der Waals surface area contributed by atoms with E-state index in [0.717, 1.165) is 6.07 Å². The minimum atomic E-state index is -0.775. The van der Waals surface area contributed by atoms with Gasteiger partial charge in [0.15, 0.2) is 5.75 Å². The van der Waals surface area contributed by atoms with Crippen molar-refractivity contribution in [2.24, 2.45) is 11.5 Å². The first-order valence-electron chi connectivity index (χ1n) is 4.38. The second-order valence-electron chi connectivity index (χ2n) is 3.14. The number of hydrogen-bond acceptors (Lipinski definition) is 6. The summed E-state index contributed by atoms with van der Waals surface area (Å²) in [5.41, 5.74) is 10.5. The van der Waals surface area contributed by atoms with Gasteiger partial charge in [0.2, 0.25) is 0 Å². The Kier molecular flexibility index (Phi) is 5.34. The van der Waals surface area contributed by atoms with Crippen LogP contribution in [-0.4, -0.2) is 16.6 Å². The average molecular weight is 259 g/mol. The number of hydrogen-bond donors (Lipinski definition) is 3. The Bertz CT molecular complexity index is 472. The van der Waals surface area contributed by atoms with E-state index in [2.05, 4.69) is 0 Å². The molecule has 0 saturated carbocycles. The minimum Gasteiger partial charge on any atom is -0.502 e. The van der Waals surface area contributed by atoms with Crippen LogP contribution < -0.4 is 11.5 Å². The van der Waals surface area contributed by atoms with E-state index < -0.39 is 22.4 Å². The van der Waals surface area contributed by atoms with Gasteiger partial charge in [-0.2, -0.15) is 5.26 Å². The number of benzene rings is 1. The number of nitriles is 1. The van der Waals surface area contributed by atoms with E-state index in [9.17, 15) is 15.2 Å². The molecule has 17 heavy (non-hydrogen) atoms. The van der Waals surface area contributed by atoms with Crippen molar-refractivity contribution in [2.75, 3.05) is 6.54 Å². The number of nitrogens with zero attached hydrogens (tertiary/aromatic N) is 2. The lowest BCUT2D eigenvalue weighted by molar-refractivity contribution is -0.386. The molecule has 1 rings (SSSR count). The van der Waals surface area contributed by atoms with Crippen LogP contribution in [0.3, 0.4) is 0 Å². The van der Waals surface area contributed by atoms with Crippen LogP contribution in [0.2, 0.25) is 0 Å². The van der Waals surface area contributed by atoms with Crippen molar-refractivity contribution in [3.8, 4) is 11.8 Å². The number of nitro benzene ring substituents is 1. The highest BCUT2D eigenvalue weighted by Crippen LogP contribution is 2.33. The minimum absolute atomic E-state index is 0. The zero-order valence-corrected chi connectivity index (χ0v) is 9.48. The first kappa shape index (κ1) is 15.1. The number of aromatic hydroxyl groups is 1. The Labute approximate surface area is 103 Å². The molecule has 8 heteroatoms. The second-order valence-corrected chi connectivity index (χ2v) is 3.14. The fraction of sp³-hybridized carbons (Fsp3) is 0.222. The van der Waals surface area contributed by atoms with E-state index in [0.29, 0.717) is 0 Å². The highest BCUT2D eigenvalue weighted by molar-refractivity contribution is 5.85. The van der Waals surface area contributed by atoms with E-state index >= 15 is 0 Å². The van der Waals surface area contributed by atoms with Gasteiger partial charge in [-0.05, 0) is 6.07 Å². The van der Waals surface area contributed by atoms with Crippen molar-refractivity contribution < 1.29 is 10.0 Å². The maximum atomic E-state index is 10.6. The molecule has 0 aliphatic carbocycles. The number of phenolic OH excluding ortho intramolecular Hbond substituents is 1. The molecule has 0 fully saturated rings. The molecule has 0 spiro atoms. The van der Waals surface area contributed by atoms with Crippen LogP contribution in [-0.2, 0) is 0 Å². The summed E-state index contributed by atoms with van der Waals surface area (Å²) in [4.78, 5) is 9.84. The number of nitro groups is 1. The standard InChI is InChI=1S/C9H10N4O3.ClH/c10-3-5-1-6(7(12)4-11)9(14)8(2-5)13(15)16;/h1-2,7,14H,4,11-12H2;1H/t7-;/m0./s1. The molecule has 0 aromatic heterocycles. The fourth-order valence-corrected chi connectivity index (χ4v) is 1.25. The molecule has 7 nitrogen and oxygen atoms in total. The van der Waals surface area contributed by atoms with Crippen molar-refractivity contribution in [3.05, 3.63) is 33.4 Å². The van der Waals surface area contributed by atoms with Gasteiger partial charge >= 0.3 is 5.69 Å². The highest BCUT2D eigenvalue weighted by atomic mass is 35.5. The molecule has 0 aliphatic heterocycles. The smallest absolute Gasteiger partial charge is 0.312 e. The normalized spacial score (nSPS) is 11.1. The summed E-state index contributed by atoms with van der Waals surface area (Å²) in [7, 11) is 0. The van der Waals surface area contributed by atoms with Gasteiger partial charge < -0.3 is 16.6 Å². The Hall–Kier alpha value is -1.88. The van der Waals surface area contributed by atoms with Crippen LogP contribution in [0.4, 0.5) is 5.69 Å². The summed E-state index contributed by atoms with van der Waals surface area (Å²) < 4.78 is 0. The van der Waals surface area contributed by atoms with Crippen molar-refractivity contribution >= 4 is 18.1 Å². The predicted molar refractivity (Wildman–Crippen MR) is 62.7 cm³/mol. The summed E-state index contributed by atoms with van der Waals surface area (Å²) in [5.74, 6) is -0.540. The molecule has 1 atom stereocenters. The summed E-state index contributed by atoms with van der Waals surface area (Å²) in [6, 6.07) is 3.29. The molecule has 5 N–H and O–H groups in total.